The molecule has 0 spiro atoms. The van der Waals surface area contributed by atoms with Gasteiger partial charge in [-0.15, -0.1) is 0 Å². The van der Waals surface area contributed by atoms with Gasteiger partial charge in [0.05, 0.1) is 0 Å². The van der Waals surface area contributed by atoms with E-state index in [2.05, 4.69) is 0 Å². The molecular weight excluding hydrogens is 197 g/mol. The number of halogens is 1. The average molecular weight is 211 g/mol. The lowest BCUT2D eigenvalue weighted by Crippen LogP contribution is -2.29. The van der Waals surface area contributed by atoms with Crippen LogP contribution in [0, 0.1) is 5.82 Å². The highest BCUT2D eigenvalue weighted by molar-refractivity contribution is 5.72. The monoisotopic (exact) mass is 211 g/mol. The first-order valence-electron chi connectivity index (χ1n) is 4.82. The molecule has 3 N–H and O–H groups in total. The Bertz CT molecular complexity index is 341. The minimum absolute atomic E-state index is 0.268. The number of aliphatic carboxylic acids is 1. The van der Waals surface area contributed by atoms with Crippen LogP contribution in [0.15, 0.2) is 24.3 Å². The zero-order valence-electron chi connectivity index (χ0n) is 8.32. The van der Waals surface area contributed by atoms with E-state index in [4.69, 9.17) is 10.8 Å². The standard InChI is InChI=1S/C11H14FNO2/c12-9-5-1-3-8(7-9)4-2-6-10(13)11(14)15/h1,3,5,7,10H,2,4,6,13H2,(H,14,15). The van der Waals surface area contributed by atoms with Gasteiger partial charge in [0, 0.05) is 0 Å². The molecule has 0 saturated heterocycles. The number of hydrogen-bond donors (Lipinski definition) is 2. The molecule has 4 heteroatoms. The van der Waals surface area contributed by atoms with Crippen molar-refractivity contribution < 1.29 is 14.3 Å². The fraction of sp³-hybridized carbons (Fsp3) is 0.364. The van der Waals surface area contributed by atoms with Gasteiger partial charge in [0.1, 0.15) is 11.9 Å². The summed E-state index contributed by atoms with van der Waals surface area (Å²) in [6.45, 7) is 0. The summed E-state index contributed by atoms with van der Waals surface area (Å²) < 4.78 is 12.8. The van der Waals surface area contributed by atoms with Crippen molar-refractivity contribution in [2.45, 2.75) is 25.3 Å². The van der Waals surface area contributed by atoms with Gasteiger partial charge in [-0.1, -0.05) is 12.1 Å². The number of aryl methyl sites for hydroxylation is 1. The molecule has 0 bridgehead atoms. The van der Waals surface area contributed by atoms with Gasteiger partial charge in [-0.05, 0) is 37.0 Å². The number of rotatable bonds is 5. The van der Waals surface area contributed by atoms with Gasteiger partial charge in [-0.2, -0.15) is 0 Å². The zero-order valence-corrected chi connectivity index (χ0v) is 8.32. The lowest BCUT2D eigenvalue weighted by atomic mass is 10.1. The van der Waals surface area contributed by atoms with Crippen molar-refractivity contribution in [1.29, 1.82) is 0 Å². The highest BCUT2D eigenvalue weighted by Crippen LogP contribution is 2.08. The van der Waals surface area contributed by atoms with Crippen LogP contribution in [0.3, 0.4) is 0 Å². The third-order valence-corrected chi connectivity index (χ3v) is 2.19. The Kier molecular flexibility index (Phi) is 4.24. The molecule has 1 aromatic carbocycles. The molecule has 0 fully saturated rings. The third kappa shape index (κ3) is 4.08. The Hall–Kier alpha value is -1.42. The van der Waals surface area contributed by atoms with Crippen LogP contribution in [0.2, 0.25) is 0 Å². The Labute approximate surface area is 87.7 Å². The summed E-state index contributed by atoms with van der Waals surface area (Å²) in [5, 5.41) is 8.54. The van der Waals surface area contributed by atoms with E-state index >= 15 is 0 Å². The molecule has 0 aromatic heterocycles. The lowest BCUT2D eigenvalue weighted by Gasteiger charge is -2.05. The van der Waals surface area contributed by atoms with Crippen LogP contribution in [-0.4, -0.2) is 17.1 Å². The Morgan fingerprint density at radius 3 is 2.87 bits per heavy atom. The van der Waals surface area contributed by atoms with Crippen LogP contribution in [0.4, 0.5) is 4.39 Å². The van der Waals surface area contributed by atoms with E-state index in [1.165, 1.54) is 12.1 Å². The molecule has 0 aliphatic heterocycles. The molecule has 1 unspecified atom stereocenters. The van der Waals surface area contributed by atoms with Crippen LogP contribution in [0.25, 0.3) is 0 Å². The number of benzene rings is 1. The van der Waals surface area contributed by atoms with Crippen LogP contribution < -0.4 is 5.73 Å². The van der Waals surface area contributed by atoms with Gasteiger partial charge in [-0.3, -0.25) is 4.79 Å². The van der Waals surface area contributed by atoms with Crippen molar-refractivity contribution in [1.82, 2.24) is 0 Å². The molecule has 1 aromatic rings. The normalized spacial score (nSPS) is 12.4. The first kappa shape index (κ1) is 11.7. The summed E-state index contributed by atoms with van der Waals surface area (Å²) in [6.07, 6.45) is 1.71. The van der Waals surface area contributed by atoms with E-state index in [1.807, 2.05) is 6.07 Å². The zero-order chi connectivity index (χ0) is 11.3. The smallest absolute Gasteiger partial charge is 0.320 e. The second kappa shape index (κ2) is 5.46. The van der Waals surface area contributed by atoms with E-state index in [1.54, 1.807) is 6.07 Å². The first-order chi connectivity index (χ1) is 7.09. The topological polar surface area (TPSA) is 63.3 Å². The maximum Gasteiger partial charge on any atom is 0.320 e. The van der Waals surface area contributed by atoms with E-state index in [0.717, 1.165) is 5.56 Å². The second-order valence-electron chi connectivity index (χ2n) is 3.47. The molecule has 0 aliphatic rings. The van der Waals surface area contributed by atoms with Gasteiger partial charge in [0.15, 0.2) is 0 Å². The fourth-order valence-corrected chi connectivity index (χ4v) is 1.34. The fourth-order valence-electron chi connectivity index (χ4n) is 1.34. The van der Waals surface area contributed by atoms with E-state index in [-0.39, 0.29) is 5.82 Å². The van der Waals surface area contributed by atoms with Crippen molar-refractivity contribution in [2.75, 3.05) is 0 Å². The summed E-state index contributed by atoms with van der Waals surface area (Å²) in [4.78, 5) is 10.4. The molecule has 3 nitrogen and oxygen atoms in total. The van der Waals surface area contributed by atoms with Crippen molar-refractivity contribution >= 4 is 5.97 Å². The molecule has 0 saturated carbocycles. The molecular formula is C11H14FNO2. The van der Waals surface area contributed by atoms with E-state index in [0.29, 0.717) is 19.3 Å². The Balaban J connectivity index is 2.35. The number of nitrogens with two attached hydrogens (primary N) is 1. The molecule has 0 heterocycles. The van der Waals surface area contributed by atoms with Crippen molar-refractivity contribution in [3.63, 3.8) is 0 Å². The molecule has 0 amide bonds. The molecule has 1 rings (SSSR count). The minimum atomic E-state index is -0.991. The number of carbonyl (C=O) groups is 1. The predicted octanol–water partition coefficient (Wildman–Crippen LogP) is 1.56. The van der Waals surface area contributed by atoms with Crippen molar-refractivity contribution in [3.05, 3.63) is 35.6 Å². The van der Waals surface area contributed by atoms with Crippen LogP contribution in [-0.2, 0) is 11.2 Å². The van der Waals surface area contributed by atoms with E-state index in [9.17, 15) is 9.18 Å². The maximum absolute atomic E-state index is 12.8. The second-order valence-corrected chi connectivity index (χ2v) is 3.47. The molecule has 82 valence electrons. The molecule has 0 radical (unpaired) electrons. The highest BCUT2D eigenvalue weighted by atomic mass is 19.1. The average Bonchev–Trinajstić information content (AvgIpc) is 2.17. The maximum atomic E-state index is 12.8. The quantitative estimate of drug-likeness (QED) is 0.776. The summed E-state index contributed by atoms with van der Waals surface area (Å²) in [5.74, 6) is -1.26. The summed E-state index contributed by atoms with van der Waals surface area (Å²) in [5.41, 5.74) is 6.21. The van der Waals surface area contributed by atoms with Crippen LogP contribution in [0.1, 0.15) is 18.4 Å². The Morgan fingerprint density at radius 2 is 2.27 bits per heavy atom. The molecule has 1 atom stereocenters. The molecule has 15 heavy (non-hydrogen) atoms. The van der Waals surface area contributed by atoms with E-state index < -0.39 is 12.0 Å². The number of hydrogen-bond acceptors (Lipinski definition) is 2. The largest absolute Gasteiger partial charge is 0.480 e. The van der Waals surface area contributed by atoms with Gasteiger partial charge in [0.25, 0.3) is 0 Å². The SMILES string of the molecule is NC(CCCc1cccc(F)c1)C(=O)O. The number of carboxylic acids is 1. The highest BCUT2D eigenvalue weighted by Gasteiger charge is 2.10. The summed E-state index contributed by atoms with van der Waals surface area (Å²) >= 11 is 0. The Morgan fingerprint density at radius 1 is 1.53 bits per heavy atom. The minimum Gasteiger partial charge on any atom is -0.480 e. The predicted molar refractivity (Wildman–Crippen MR) is 54.9 cm³/mol. The number of carboxylic acid groups (broad SMARTS) is 1. The molecule has 0 aliphatic carbocycles. The van der Waals surface area contributed by atoms with Gasteiger partial charge in [0.2, 0.25) is 0 Å². The van der Waals surface area contributed by atoms with Gasteiger partial charge >= 0.3 is 5.97 Å². The summed E-state index contributed by atoms with van der Waals surface area (Å²) in [6, 6.07) is 5.47. The first-order valence-corrected chi connectivity index (χ1v) is 4.82. The summed E-state index contributed by atoms with van der Waals surface area (Å²) in [7, 11) is 0. The van der Waals surface area contributed by atoms with Crippen molar-refractivity contribution in [3.8, 4) is 0 Å². The van der Waals surface area contributed by atoms with Gasteiger partial charge < -0.3 is 10.8 Å². The van der Waals surface area contributed by atoms with Gasteiger partial charge in [-0.25, -0.2) is 4.39 Å². The lowest BCUT2D eigenvalue weighted by molar-refractivity contribution is -0.138. The van der Waals surface area contributed by atoms with Crippen LogP contribution in [0.5, 0.6) is 0 Å². The van der Waals surface area contributed by atoms with Crippen molar-refractivity contribution in [2.24, 2.45) is 5.73 Å². The van der Waals surface area contributed by atoms with Crippen LogP contribution >= 0.6 is 0 Å². The third-order valence-electron chi connectivity index (χ3n) is 2.19.